The molecule has 0 radical (unpaired) electrons. The van der Waals surface area contributed by atoms with Gasteiger partial charge in [0.25, 0.3) is 5.56 Å². The molecular formula is C17H14N2O3S. The van der Waals surface area contributed by atoms with Crippen molar-refractivity contribution in [3.05, 3.63) is 68.1 Å². The van der Waals surface area contributed by atoms with Gasteiger partial charge in [-0.05, 0) is 31.1 Å². The van der Waals surface area contributed by atoms with E-state index in [9.17, 15) is 9.59 Å². The molecule has 6 heteroatoms. The summed E-state index contributed by atoms with van der Waals surface area (Å²) in [5.74, 6) is -1.06. The van der Waals surface area contributed by atoms with Crippen LogP contribution in [0.15, 0.2) is 35.3 Å². The van der Waals surface area contributed by atoms with Gasteiger partial charge in [0.15, 0.2) is 4.96 Å². The van der Waals surface area contributed by atoms with E-state index in [1.165, 1.54) is 16.7 Å². The SMILES string of the molecule is Cc1ccc(C)c(C=Cc2cc(=O)n3cc(C(=O)O)sc3n2)c1. The number of aryl methyl sites for hydroxylation is 2. The Morgan fingerprint density at radius 1 is 1.26 bits per heavy atom. The lowest BCUT2D eigenvalue weighted by atomic mass is 10.1. The fourth-order valence-corrected chi connectivity index (χ4v) is 3.05. The molecule has 0 bridgehead atoms. The molecule has 116 valence electrons. The standard InChI is InChI=1S/C17H14N2O3S/c1-10-3-4-11(2)12(7-10)5-6-13-8-15(20)19-9-14(16(21)22)23-17(19)18-13/h3-9H,1-2H3,(H,21,22). The normalized spacial score (nSPS) is 11.4. The lowest BCUT2D eigenvalue weighted by Gasteiger charge is -2.01. The maximum Gasteiger partial charge on any atom is 0.347 e. The van der Waals surface area contributed by atoms with E-state index in [0.29, 0.717) is 10.7 Å². The first kappa shape index (κ1) is 15.2. The highest BCUT2D eigenvalue weighted by Gasteiger charge is 2.11. The second-order valence-corrected chi connectivity index (χ2v) is 6.27. The lowest BCUT2D eigenvalue weighted by molar-refractivity contribution is 0.0702. The second-order valence-electron chi connectivity index (χ2n) is 5.27. The number of fused-ring (bicyclic) bond motifs is 1. The number of carboxylic acid groups (broad SMARTS) is 1. The van der Waals surface area contributed by atoms with Crippen molar-refractivity contribution in [3.8, 4) is 0 Å². The Balaban J connectivity index is 2.03. The van der Waals surface area contributed by atoms with E-state index in [1.54, 1.807) is 6.08 Å². The van der Waals surface area contributed by atoms with Crippen LogP contribution in [-0.2, 0) is 0 Å². The first-order valence-corrected chi connectivity index (χ1v) is 7.77. The van der Waals surface area contributed by atoms with E-state index in [4.69, 9.17) is 5.11 Å². The molecule has 0 unspecified atom stereocenters. The van der Waals surface area contributed by atoms with Crippen molar-refractivity contribution in [2.45, 2.75) is 13.8 Å². The van der Waals surface area contributed by atoms with E-state index in [1.807, 2.05) is 32.1 Å². The van der Waals surface area contributed by atoms with Gasteiger partial charge in [-0.3, -0.25) is 9.20 Å². The molecule has 0 aliphatic rings. The molecule has 0 amide bonds. The van der Waals surface area contributed by atoms with Crippen LogP contribution < -0.4 is 5.56 Å². The van der Waals surface area contributed by atoms with Crippen LogP contribution in [0.1, 0.15) is 32.1 Å². The number of benzene rings is 1. The summed E-state index contributed by atoms with van der Waals surface area (Å²) in [6.45, 7) is 4.04. The molecular weight excluding hydrogens is 312 g/mol. The summed E-state index contributed by atoms with van der Waals surface area (Å²) in [7, 11) is 0. The van der Waals surface area contributed by atoms with Gasteiger partial charge >= 0.3 is 5.97 Å². The molecule has 23 heavy (non-hydrogen) atoms. The third kappa shape index (κ3) is 3.07. The fourth-order valence-electron chi connectivity index (χ4n) is 2.22. The number of thiazole rings is 1. The molecule has 3 rings (SSSR count). The molecule has 0 aliphatic heterocycles. The van der Waals surface area contributed by atoms with Crippen LogP contribution in [0.3, 0.4) is 0 Å². The summed E-state index contributed by atoms with van der Waals surface area (Å²) in [4.78, 5) is 27.9. The van der Waals surface area contributed by atoms with E-state index in [-0.39, 0.29) is 10.4 Å². The van der Waals surface area contributed by atoms with Crippen LogP contribution in [0.2, 0.25) is 0 Å². The van der Waals surface area contributed by atoms with Crippen molar-refractivity contribution in [2.75, 3.05) is 0 Å². The first-order chi connectivity index (χ1) is 10.9. The van der Waals surface area contributed by atoms with Crippen molar-refractivity contribution < 1.29 is 9.90 Å². The molecule has 3 aromatic rings. The van der Waals surface area contributed by atoms with E-state index < -0.39 is 5.97 Å². The van der Waals surface area contributed by atoms with Gasteiger partial charge in [0.1, 0.15) is 4.88 Å². The second kappa shape index (κ2) is 5.81. The van der Waals surface area contributed by atoms with Gasteiger partial charge in [0.2, 0.25) is 0 Å². The number of nitrogens with zero attached hydrogens (tertiary/aromatic N) is 2. The number of hydrogen-bond donors (Lipinski definition) is 1. The van der Waals surface area contributed by atoms with Gasteiger partial charge in [0, 0.05) is 12.3 Å². The summed E-state index contributed by atoms with van der Waals surface area (Å²) in [5.41, 5.74) is 3.57. The monoisotopic (exact) mass is 326 g/mol. The molecule has 2 heterocycles. The summed E-state index contributed by atoms with van der Waals surface area (Å²) < 4.78 is 1.25. The highest BCUT2D eigenvalue weighted by Crippen LogP contribution is 2.17. The van der Waals surface area contributed by atoms with Crippen molar-refractivity contribution in [1.82, 2.24) is 9.38 Å². The number of aromatic nitrogens is 2. The molecule has 1 N–H and O–H groups in total. The number of hydrogen-bond acceptors (Lipinski definition) is 4. The minimum atomic E-state index is -1.06. The number of aromatic carboxylic acids is 1. The summed E-state index contributed by atoms with van der Waals surface area (Å²) in [6.07, 6.45) is 4.98. The minimum Gasteiger partial charge on any atom is -0.477 e. The molecule has 0 saturated heterocycles. The van der Waals surface area contributed by atoms with Crippen LogP contribution in [0, 0.1) is 13.8 Å². The third-order valence-corrected chi connectivity index (χ3v) is 4.44. The van der Waals surface area contributed by atoms with Crippen LogP contribution in [0.5, 0.6) is 0 Å². The largest absolute Gasteiger partial charge is 0.477 e. The van der Waals surface area contributed by atoms with Crippen LogP contribution in [0.4, 0.5) is 0 Å². The topological polar surface area (TPSA) is 71.7 Å². The Hall–Kier alpha value is -2.73. The van der Waals surface area contributed by atoms with Gasteiger partial charge < -0.3 is 5.11 Å². The summed E-state index contributed by atoms with van der Waals surface area (Å²) in [6, 6.07) is 7.54. The smallest absolute Gasteiger partial charge is 0.347 e. The van der Waals surface area contributed by atoms with Gasteiger partial charge in [0.05, 0.1) is 5.69 Å². The molecule has 0 fully saturated rings. The Bertz CT molecular complexity index is 999. The lowest BCUT2D eigenvalue weighted by Crippen LogP contribution is -2.11. The predicted molar refractivity (Wildman–Crippen MR) is 91.1 cm³/mol. The molecule has 5 nitrogen and oxygen atoms in total. The first-order valence-electron chi connectivity index (χ1n) is 6.96. The van der Waals surface area contributed by atoms with Crippen molar-refractivity contribution in [3.63, 3.8) is 0 Å². The van der Waals surface area contributed by atoms with Gasteiger partial charge in [-0.25, -0.2) is 9.78 Å². The highest BCUT2D eigenvalue weighted by molar-refractivity contribution is 7.18. The maximum absolute atomic E-state index is 12.1. The van der Waals surface area contributed by atoms with Gasteiger partial charge in [-0.15, -0.1) is 0 Å². The number of rotatable bonds is 3. The zero-order chi connectivity index (χ0) is 16.6. The zero-order valence-corrected chi connectivity index (χ0v) is 13.4. The Kier molecular flexibility index (Phi) is 3.83. The summed E-state index contributed by atoms with van der Waals surface area (Å²) in [5, 5.41) is 9.01. The van der Waals surface area contributed by atoms with E-state index in [0.717, 1.165) is 28.0 Å². The number of carboxylic acids is 1. The molecule has 2 aromatic heterocycles. The third-order valence-electron chi connectivity index (χ3n) is 3.47. The van der Waals surface area contributed by atoms with Crippen molar-refractivity contribution >= 4 is 34.4 Å². The van der Waals surface area contributed by atoms with Crippen molar-refractivity contribution in [1.29, 1.82) is 0 Å². The average molecular weight is 326 g/mol. The Morgan fingerprint density at radius 3 is 2.78 bits per heavy atom. The molecule has 0 aliphatic carbocycles. The Morgan fingerprint density at radius 2 is 2.04 bits per heavy atom. The molecule has 0 atom stereocenters. The zero-order valence-electron chi connectivity index (χ0n) is 12.6. The number of carbonyl (C=O) groups is 1. The summed E-state index contributed by atoms with van der Waals surface area (Å²) >= 11 is 0.979. The molecule has 0 spiro atoms. The maximum atomic E-state index is 12.1. The Labute approximate surface area is 136 Å². The van der Waals surface area contributed by atoms with Crippen LogP contribution >= 0.6 is 11.3 Å². The van der Waals surface area contributed by atoms with Crippen LogP contribution in [-0.4, -0.2) is 20.5 Å². The van der Waals surface area contributed by atoms with Gasteiger partial charge in [-0.1, -0.05) is 41.2 Å². The minimum absolute atomic E-state index is 0.0882. The quantitative estimate of drug-likeness (QED) is 0.802. The predicted octanol–water partition coefficient (Wildman–Crippen LogP) is 3.24. The average Bonchev–Trinajstić information content (AvgIpc) is 2.93. The molecule has 0 saturated carbocycles. The van der Waals surface area contributed by atoms with E-state index in [2.05, 4.69) is 11.1 Å². The fraction of sp³-hybridized carbons (Fsp3) is 0.118. The van der Waals surface area contributed by atoms with E-state index >= 15 is 0 Å². The van der Waals surface area contributed by atoms with Crippen molar-refractivity contribution in [2.24, 2.45) is 0 Å². The molecule has 1 aromatic carbocycles. The van der Waals surface area contributed by atoms with Gasteiger partial charge in [-0.2, -0.15) is 0 Å². The highest BCUT2D eigenvalue weighted by atomic mass is 32.1. The van der Waals surface area contributed by atoms with Crippen LogP contribution in [0.25, 0.3) is 17.1 Å².